The standard InChI is InChI=1S/C13H8Br2ClNO3S.C13H10ClNO3S/c14-8-1-6-11(12(15)7-8)13(18)17-21(19,20)10-4-2-9(16)3-5-10;14-11-6-8-12(9-7-11)19(17,18)15-13(16)10-4-2-1-3-5-10/h1-7H,(H,17,18);1-9H,(H,15,16). The number of carbonyl (C=O) groups excluding carboxylic acids is 2. The molecule has 0 heterocycles. The van der Waals surface area contributed by atoms with Gasteiger partial charge in [-0.3, -0.25) is 9.59 Å². The average molecular weight is 749 g/mol. The Labute approximate surface area is 258 Å². The zero-order valence-corrected chi connectivity index (χ0v) is 26.3. The van der Waals surface area contributed by atoms with Crippen molar-refractivity contribution in [1.82, 2.24) is 9.44 Å². The fraction of sp³-hybridized carbons (Fsp3) is 0. The molecule has 0 bridgehead atoms. The van der Waals surface area contributed by atoms with Crippen molar-refractivity contribution < 1.29 is 26.4 Å². The highest BCUT2D eigenvalue weighted by Gasteiger charge is 2.20. The lowest BCUT2D eigenvalue weighted by Gasteiger charge is -2.08. The first kappa shape index (κ1) is 31.8. The molecule has 2 amide bonds. The van der Waals surface area contributed by atoms with E-state index in [0.717, 1.165) is 4.47 Å². The summed E-state index contributed by atoms with van der Waals surface area (Å²) in [5.74, 6) is -1.39. The largest absolute Gasteiger partial charge is 0.268 e. The van der Waals surface area contributed by atoms with Gasteiger partial charge in [-0.05, 0) is 94.8 Å². The second-order valence-electron chi connectivity index (χ2n) is 7.77. The molecule has 0 atom stereocenters. The summed E-state index contributed by atoms with van der Waals surface area (Å²) >= 11 is 17.9. The van der Waals surface area contributed by atoms with Crippen LogP contribution in [-0.4, -0.2) is 28.6 Å². The van der Waals surface area contributed by atoms with Crippen LogP contribution in [0.3, 0.4) is 0 Å². The summed E-state index contributed by atoms with van der Waals surface area (Å²) in [5.41, 5.74) is 0.496. The van der Waals surface area contributed by atoms with Crippen LogP contribution in [0.4, 0.5) is 0 Å². The van der Waals surface area contributed by atoms with Crippen molar-refractivity contribution in [1.29, 1.82) is 0 Å². The number of hydrogen-bond acceptors (Lipinski definition) is 6. The Morgan fingerprint density at radius 3 is 1.50 bits per heavy atom. The van der Waals surface area contributed by atoms with Gasteiger partial charge in [0.2, 0.25) is 0 Å². The molecule has 8 nitrogen and oxygen atoms in total. The molecule has 208 valence electrons. The van der Waals surface area contributed by atoms with Crippen molar-refractivity contribution >= 4 is 86.9 Å². The third kappa shape index (κ3) is 8.88. The van der Waals surface area contributed by atoms with Gasteiger partial charge in [-0.15, -0.1) is 0 Å². The number of sulfonamides is 2. The molecule has 0 saturated carbocycles. The van der Waals surface area contributed by atoms with Gasteiger partial charge in [0.15, 0.2) is 0 Å². The highest BCUT2D eigenvalue weighted by atomic mass is 79.9. The first-order valence-corrected chi connectivity index (χ1v) is 16.2. The van der Waals surface area contributed by atoms with Gasteiger partial charge in [0, 0.05) is 24.6 Å². The van der Waals surface area contributed by atoms with Gasteiger partial charge in [0.05, 0.1) is 15.4 Å². The van der Waals surface area contributed by atoms with E-state index in [1.165, 1.54) is 66.7 Å². The molecule has 4 aromatic carbocycles. The summed E-state index contributed by atoms with van der Waals surface area (Å²) in [6, 6.07) is 24.0. The molecule has 40 heavy (non-hydrogen) atoms. The number of hydrogen-bond donors (Lipinski definition) is 2. The third-order valence-electron chi connectivity index (χ3n) is 4.91. The molecule has 0 fully saturated rings. The van der Waals surface area contributed by atoms with E-state index in [2.05, 4.69) is 31.9 Å². The van der Waals surface area contributed by atoms with Gasteiger partial charge < -0.3 is 0 Å². The molecule has 2 N–H and O–H groups in total. The van der Waals surface area contributed by atoms with Crippen LogP contribution in [0.5, 0.6) is 0 Å². The van der Waals surface area contributed by atoms with Crippen molar-refractivity contribution in [2.24, 2.45) is 0 Å². The van der Waals surface area contributed by atoms with Crippen molar-refractivity contribution in [3.05, 3.63) is 127 Å². The molecule has 14 heteroatoms. The van der Waals surface area contributed by atoms with Crippen molar-refractivity contribution in [3.63, 3.8) is 0 Å². The summed E-state index contributed by atoms with van der Waals surface area (Å²) in [6.45, 7) is 0. The highest BCUT2D eigenvalue weighted by Crippen LogP contribution is 2.23. The van der Waals surface area contributed by atoms with Gasteiger partial charge >= 0.3 is 0 Å². The molecule has 0 aliphatic carbocycles. The summed E-state index contributed by atoms with van der Waals surface area (Å²) in [4.78, 5) is 23.8. The predicted octanol–water partition coefficient (Wildman–Crippen LogP) is 6.44. The quantitative estimate of drug-likeness (QED) is 0.234. The van der Waals surface area contributed by atoms with Crippen LogP contribution >= 0.6 is 55.1 Å². The lowest BCUT2D eigenvalue weighted by molar-refractivity contribution is 0.0972. The number of nitrogens with one attached hydrogen (secondary N) is 2. The van der Waals surface area contributed by atoms with E-state index in [4.69, 9.17) is 23.2 Å². The molecule has 0 saturated heterocycles. The summed E-state index contributed by atoms with van der Waals surface area (Å²) in [6.07, 6.45) is 0. The second-order valence-corrected chi connectivity index (χ2v) is 13.8. The van der Waals surface area contributed by atoms with Crippen molar-refractivity contribution in [2.75, 3.05) is 0 Å². The number of carbonyl (C=O) groups is 2. The van der Waals surface area contributed by atoms with Gasteiger partial charge in [-0.25, -0.2) is 26.3 Å². The van der Waals surface area contributed by atoms with Crippen LogP contribution in [0.1, 0.15) is 20.7 Å². The molecular weight excluding hydrogens is 731 g/mol. The van der Waals surface area contributed by atoms with Crippen molar-refractivity contribution in [3.8, 4) is 0 Å². The van der Waals surface area contributed by atoms with E-state index in [1.54, 1.807) is 30.3 Å². The maximum absolute atomic E-state index is 12.1. The lowest BCUT2D eigenvalue weighted by atomic mass is 10.2. The van der Waals surface area contributed by atoms with Gasteiger partial charge in [0.1, 0.15) is 0 Å². The average Bonchev–Trinajstić information content (AvgIpc) is 2.89. The van der Waals surface area contributed by atoms with Gasteiger partial charge in [-0.1, -0.05) is 57.3 Å². The lowest BCUT2D eigenvalue weighted by Crippen LogP contribution is -2.30. The van der Waals surface area contributed by atoms with E-state index in [-0.39, 0.29) is 20.9 Å². The number of halogens is 4. The summed E-state index contributed by atoms with van der Waals surface area (Å²) < 4.78 is 53.4. The highest BCUT2D eigenvalue weighted by molar-refractivity contribution is 9.11. The first-order chi connectivity index (χ1) is 18.8. The predicted molar refractivity (Wildman–Crippen MR) is 160 cm³/mol. The topological polar surface area (TPSA) is 126 Å². The minimum Gasteiger partial charge on any atom is -0.268 e. The Bertz CT molecular complexity index is 1740. The molecule has 4 rings (SSSR count). The SMILES string of the molecule is O=C(NS(=O)(=O)c1ccc(Cl)cc1)c1ccc(Br)cc1Br.O=C(NS(=O)(=O)c1ccc(Cl)cc1)c1ccccc1. The summed E-state index contributed by atoms with van der Waals surface area (Å²) in [5, 5.41) is 0.837. The van der Waals surface area contributed by atoms with Crippen LogP contribution < -0.4 is 9.44 Å². The molecular formula is C26H18Br2Cl2N2O6S2. The molecule has 4 aromatic rings. The van der Waals surface area contributed by atoms with Crippen LogP contribution in [-0.2, 0) is 20.0 Å². The molecule has 0 unspecified atom stereocenters. The minimum absolute atomic E-state index is 0.0128. The molecule has 0 aromatic heterocycles. The first-order valence-electron chi connectivity index (χ1n) is 10.9. The van der Waals surface area contributed by atoms with Crippen molar-refractivity contribution in [2.45, 2.75) is 9.79 Å². The molecule has 0 radical (unpaired) electrons. The second kappa shape index (κ2) is 13.7. The fourth-order valence-corrected chi connectivity index (χ4v) is 6.39. The smallest absolute Gasteiger partial charge is 0.266 e. The Morgan fingerprint density at radius 1 is 0.600 bits per heavy atom. The zero-order valence-electron chi connectivity index (χ0n) is 20.0. The molecule has 0 aliphatic rings. The van der Waals surface area contributed by atoms with E-state index in [9.17, 15) is 26.4 Å². The molecule has 0 spiro atoms. The van der Waals surface area contributed by atoms with Gasteiger partial charge in [0.25, 0.3) is 31.9 Å². The monoisotopic (exact) mass is 746 g/mol. The minimum atomic E-state index is -3.94. The van der Waals surface area contributed by atoms with E-state index in [1.807, 2.05) is 9.44 Å². The van der Waals surface area contributed by atoms with Crippen LogP contribution in [0.15, 0.2) is 116 Å². The Hall–Kier alpha value is -2.74. The maximum Gasteiger partial charge on any atom is 0.266 e. The maximum atomic E-state index is 12.1. The number of amides is 2. The Kier molecular flexibility index (Phi) is 10.9. The fourth-order valence-electron chi connectivity index (χ4n) is 2.97. The summed E-state index contributed by atoms with van der Waals surface area (Å²) in [7, 11) is -7.82. The Balaban J connectivity index is 0.000000222. The number of benzene rings is 4. The van der Waals surface area contributed by atoms with Crippen LogP contribution in [0.25, 0.3) is 0 Å². The third-order valence-corrected chi connectivity index (χ3v) is 9.26. The van der Waals surface area contributed by atoms with Gasteiger partial charge in [-0.2, -0.15) is 0 Å². The molecule has 0 aliphatic heterocycles. The zero-order chi connectivity index (χ0) is 29.5. The van der Waals surface area contributed by atoms with Crippen LogP contribution in [0.2, 0.25) is 10.0 Å². The van der Waals surface area contributed by atoms with E-state index in [0.29, 0.717) is 14.5 Å². The number of rotatable bonds is 6. The Morgan fingerprint density at radius 2 is 1.05 bits per heavy atom. The van der Waals surface area contributed by atoms with E-state index < -0.39 is 31.9 Å². The normalized spacial score (nSPS) is 11.1. The van der Waals surface area contributed by atoms with E-state index >= 15 is 0 Å². The van der Waals surface area contributed by atoms with Crippen LogP contribution in [0, 0.1) is 0 Å².